The van der Waals surface area contributed by atoms with Crippen molar-refractivity contribution in [1.29, 1.82) is 5.26 Å². The third kappa shape index (κ3) is 2.71. The van der Waals surface area contributed by atoms with E-state index in [9.17, 15) is 4.79 Å². The fourth-order valence-electron chi connectivity index (χ4n) is 1.51. The molecule has 2 rings (SSSR count). The first-order valence-electron chi connectivity index (χ1n) is 5.43. The van der Waals surface area contributed by atoms with Gasteiger partial charge in [-0.25, -0.2) is 4.98 Å². The van der Waals surface area contributed by atoms with Gasteiger partial charge in [0.15, 0.2) is 0 Å². The number of rotatable bonds is 2. The zero-order valence-corrected chi connectivity index (χ0v) is 9.84. The summed E-state index contributed by atoms with van der Waals surface area (Å²) in [6, 6.07) is 12.5. The lowest BCUT2D eigenvalue weighted by molar-refractivity contribution is 0.102. The Kier molecular flexibility index (Phi) is 3.35. The van der Waals surface area contributed by atoms with Gasteiger partial charge in [0.2, 0.25) is 0 Å². The highest BCUT2D eigenvalue weighted by Gasteiger charge is 2.06. The van der Waals surface area contributed by atoms with Crippen molar-refractivity contribution in [1.82, 2.24) is 4.98 Å². The molecule has 1 aromatic heterocycles. The van der Waals surface area contributed by atoms with E-state index in [1.54, 1.807) is 24.3 Å². The van der Waals surface area contributed by atoms with Crippen LogP contribution in [-0.4, -0.2) is 10.9 Å². The third-order valence-corrected chi connectivity index (χ3v) is 2.41. The molecule has 0 fully saturated rings. The summed E-state index contributed by atoms with van der Waals surface area (Å²) in [5.74, 6) is 0.219. The summed E-state index contributed by atoms with van der Waals surface area (Å²) in [6.45, 7) is 1.93. The van der Waals surface area contributed by atoms with Gasteiger partial charge >= 0.3 is 0 Å². The molecule has 1 amide bonds. The van der Waals surface area contributed by atoms with Crippen LogP contribution in [0.5, 0.6) is 0 Å². The molecule has 0 saturated heterocycles. The minimum Gasteiger partial charge on any atom is -0.307 e. The SMILES string of the molecule is Cc1cccc(C(=O)Nc2ccc(C#N)cn2)c1. The van der Waals surface area contributed by atoms with E-state index in [1.165, 1.54) is 6.20 Å². The third-order valence-electron chi connectivity index (χ3n) is 2.41. The highest BCUT2D eigenvalue weighted by atomic mass is 16.1. The van der Waals surface area contributed by atoms with Gasteiger partial charge in [-0.3, -0.25) is 4.79 Å². The first-order valence-corrected chi connectivity index (χ1v) is 5.43. The zero-order chi connectivity index (χ0) is 13.0. The zero-order valence-electron chi connectivity index (χ0n) is 9.84. The maximum absolute atomic E-state index is 11.9. The number of hydrogen-bond donors (Lipinski definition) is 1. The number of pyridine rings is 1. The standard InChI is InChI=1S/C14H11N3O/c1-10-3-2-4-12(7-10)14(18)17-13-6-5-11(8-15)9-16-13/h2-7,9H,1H3,(H,16,17,18). The van der Waals surface area contributed by atoms with Gasteiger partial charge in [0.05, 0.1) is 5.56 Å². The minimum atomic E-state index is -0.212. The Morgan fingerprint density at radius 2 is 2.17 bits per heavy atom. The van der Waals surface area contributed by atoms with Crippen molar-refractivity contribution in [3.05, 3.63) is 59.3 Å². The maximum atomic E-state index is 11.9. The first kappa shape index (κ1) is 11.8. The maximum Gasteiger partial charge on any atom is 0.256 e. The Balaban J connectivity index is 2.14. The van der Waals surface area contributed by atoms with Crippen molar-refractivity contribution in [2.75, 3.05) is 5.32 Å². The molecule has 1 N–H and O–H groups in total. The molecular formula is C14H11N3O. The van der Waals surface area contributed by atoms with Crippen LogP contribution < -0.4 is 5.32 Å². The number of amides is 1. The van der Waals surface area contributed by atoms with E-state index in [0.717, 1.165) is 5.56 Å². The Labute approximate surface area is 105 Å². The van der Waals surface area contributed by atoms with Gasteiger partial charge < -0.3 is 5.32 Å². The molecule has 0 atom stereocenters. The number of anilines is 1. The first-order chi connectivity index (χ1) is 8.69. The molecule has 88 valence electrons. The van der Waals surface area contributed by atoms with Gasteiger partial charge in [0.25, 0.3) is 5.91 Å². The summed E-state index contributed by atoms with van der Waals surface area (Å²) < 4.78 is 0. The van der Waals surface area contributed by atoms with Crippen LogP contribution in [-0.2, 0) is 0 Å². The lowest BCUT2D eigenvalue weighted by Gasteiger charge is -2.04. The normalized spacial score (nSPS) is 9.56. The average Bonchev–Trinajstić information content (AvgIpc) is 2.39. The molecule has 0 aliphatic carbocycles. The number of aryl methyl sites for hydroxylation is 1. The van der Waals surface area contributed by atoms with Gasteiger partial charge in [0, 0.05) is 11.8 Å². The van der Waals surface area contributed by atoms with E-state index >= 15 is 0 Å². The Bertz CT molecular complexity index is 612. The molecular weight excluding hydrogens is 226 g/mol. The van der Waals surface area contributed by atoms with Gasteiger partial charge in [-0.2, -0.15) is 5.26 Å². The van der Waals surface area contributed by atoms with Gasteiger partial charge in [-0.05, 0) is 31.2 Å². The van der Waals surface area contributed by atoms with Crippen LogP contribution in [0.15, 0.2) is 42.6 Å². The Hall–Kier alpha value is -2.67. The fraction of sp³-hybridized carbons (Fsp3) is 0.0714. The predicted octanol–water partition coefficient (Wildman–Crippen LogP) is 2.51. The van der Waals surface area contributed by atoms with Crippen molar-refractivity contribution in [2.45, 2.75) is 6.92 Å². The molecule has 0 unspecified atom stereocenters. The second kappa shape index (κ2) is 5.11. The summed E-state index contributed by atoms with van der Waals surface area (Å²) in [6.07, 6.45) is 1.42. The van der Waals surface area contributed by atoms with Crippen LogP contribution in [0.1, 0.15) is 21.5 Å². The summed E-state index contributed by atoms with van der Waals surface area (Å²) in [5, 5.41) is 11.3. The minimum absolute atomic E-state index is 0.212. The number of carbonyl (C=O) groups is 1. The van der Waals surface area contributed by atoms with Gasteiger partial charge in [0.1, 0.15) is 11.9 Å². The largest absolute Gasteiger partial charge is 0.307 e. The van der Waals surface area contributed by atoms with E-state index in [4.69, 9.17) is 5.26 Å². The predicted molar refractivity (Wildman–Crippen MR) is 68.1 cm³/mol. The number of nitrogens with zero attached hydrogens (tertiary/aromatic N) is 2. The van der Waals surface area contributed by atoms with E-state index in [-0.39, 0.29) is 5.91 Å². The van der Waals surface area contributed by atoms with Crippen LogP contribution in [0, 0.1) is 18.3 Å². The molecule has 0 saturated carbocycles. The molecule has 18 heavy (non-hydrogen) atoms. The van der Waals surface area contributed by atoms with Crippen molar-refractivity contribution >= 4 is 11.7 Å². The van der Waals surface area contributed by atoms with Crippen LogP contribution in [0.4, 0.5) is 5.82 Å². The van der Waals surface area contributed by atoms with Gasteiger partial charge in [-0.15, -0.1) is 0 Å². The number of benzene rings is 1. The molecule has 4 heteroatoms. The quantitative estimate of drug-likeness (QED) is 0.872. The monoisotopic (exact) mass is 237 g/mol. The van der Waals surface area contributed by atoms with Crippen molar-refractivity contribution in [2.24, 2.45) is 0 Å². The van der Waals surface area contributed by atoms with Crippen LogP contribution in [0.3, 0.4) is 0 Å². The van der Waals surface area contributed by atoms with Gasteiger partial charge in [-0.1, -0.05) is 17.7 Å². The fourth-order valence-corrected chi connectivity index (χ4v) is 1.51. The smallest absolute Gasteiger partial charge is 0.256 e. The highest BCUT2D eigenvalue weighted by molar-refractivity contribution is 6.03. The van der Waals surface area contributed by atoms with Crippen LogP contribution in [0.25, 0.3) is 0 Å². The van der Waals surface area contributed by atoms with E-state index in [1.807, 2.05) is 25.1 Å². The van der Waals surface area contributed by atoms with Crippen LogP contribution in [0.2, 0.25) is 0 Å². The molecule has 0 bridgehead atoms. The lowest BCUT2D eigenvalue weighted by Crippen LogP contribution is -2.12. The molecule has 0 aliphatic heterocycles. The van der Waals surface area contributed by atoms with Crippen molar-refractivity contribution in [3.8, 4) is 6.07 Å². The summed E-state index contributed by atoms with van der Waals surface area (Å²) >= 11 is 0. The van der Waals surface area contributed by atoms with Crippen molar-refractivity contribution < 1.29 is 4.79 Å². The topological polar surface area (TPSA) is 65.8 Å². The molecule has 2 aromatic rings. The van der Waals surface area contributed by atoms with Crippen molar-refractivity contribution in [3.63, 3.8) is 0 Å². The van der Waals surface area contributed by atoms with Crippen LogP contribution >= 0.6 is 0 Å². The summed E-state index contributed by atoms with van der Waals surface area (Å²) in [5.41, 5.74) is 2.07. The molecule has 0 radical (unpaired) electrons. The summed E-state index contributed by atoms with van der Waals surface area (Å²) in [4.78, 5) is 15.9. The Morgan fingerprint density at radius 3 is 2.78 bits per heavy atom. The number of carbonyl (C=O) groups excluding carboxylic acids is 1. The highest BCUT2D eigenvalue weighted by Crippen LogP contribution is 2.09. The second-order valence-corrected chi connectivity index (χ2v) is 3.87. The number of hydrogen-bond acceptors (Lipinski definition) is 3. The van der Waals surface area contributed by atoms with E-state index in [0.29, 0.717) is 16.9 Å². The number of nitrogens with one attached hydrogen (secondary N) is 1. The molecule has 1 aromatic carbocycles. The Morgan fingerprint density at radius 1 is 1.33 bits per heavy atom. The second-order valence-electron chi connectivity index (χ2n) is 3.87. The number of nitriles is 1. The number of aromatic nitrogens is 1. The van der Waals surface area contributed by atoms with E-state index < -0.39 is 0 Å². The van der Waals surface area contributed by atoms with E-state index in [2.05, 4.69) is 10.3 Å². The average molecular weight is 237 g/mol. The summed E-state index contributed by atoms with van der Waals surface area (Å²) in [7, 11) is 0. The lowest BCUT2D eigenvalue weighted by atomic mass is 10.1. The molecule has 0 aliphatic rings. The molecule has 1 heterocycles. The molecule has 4 nitrogen and oxygen atoms in total. The molecule has 0 spiro atoms.